The Balaban J connectivity index is 1.83. The molecule has 0 atom stereocenters. The zero-order valence-electron chi connectivity index (χ0n) is 17.2. The topological polar surface area (TPSA) is 38.1 Å². The fourth-order valence-corrected chi connectivity index (χ4v) is 3.71. The lowest BCUT2D eigenvalue weighted by Gasteiger charge is -2.13. The van der Waals surface area contributed by atoms with E-state index in [4.69, 9.17) is 4.98 Å². The third-order valence-corrected chi connectivity index (χ3v) is 5.71. The third kappa shape index (κ3) is 4.02. The molecule has 0 spiro atoms. The maximum Gasteiger partial charge on any atom is 0.266 e. The summed E-state index contributed by atoms with van der Waals surface area (Å²) in [4.78, 5) is 21.3. The largest absolute Gasteiger partial charge is 0.378 e. The first kappa shape index (κ1) is 20.0. The van der Waals surface area contributed by atoms with Gasteiger partial charge in [-0.1, -0.05) is 30.3 Å². The van der Waals surface area contributed by atoms with Crippen molar-refractivity contribution in [2.75, 3.05) is 25.3 Å². The smallest absolute Gasteiger partial charge is 0.266 e. The number of rotatable bonds is 5. The van der Waals surface area contributed by atoms with E-state index < -0.39 is 0 Å². The Bertz CT molecular complexity index is 1260. The van der Waals surface area contributed by atoms with Crippen molar-refractivity contribution in [3.63, 3.8) is 0 Å². The van der Waals surface area contributed by atoms with Crippen LogP contribution >= 0.6 is 11.8 Å². The van der Waals surface area contributed by atoms with Crippen LogP contribution in [0, 0.1) is 0 Å². The second-order valence-corrected chi connectivity index (χ2v) is 8.02. The average Bonchev–Trinajstić information content (AvgIpc) is 2.78. The Hall–Kier alpha value is -3.31. The number of hydrogen-bond donors (Lipinski definition) is 0. The number of hydrogen-bond acceptors (Lipinski definition) is 4. The first-order chi connectivity index (χ1) is 14.6. The van der Waals surface area contributed by atoms with Crippen molar-refractivity contribution in [1.82, 2.24) is 9.55 Å². The maximum absolute atomic E-state index is 13.3. The summed E-state index contributed by atoms with van der Waals surface area (Å²) < 4.78 is 1.68. The van der Waals surface area contributed by atoms with E-state index in [0.29, 0.717) is 16.7 Å². The number of fused-ring (bicyclic) bond motifs is 1. The van der Waals surface area contributed by atoms with Gasteiger partial charge < -0.3 is 4.90 Å². The van der Waals surface area contributed by atoms with Gasteiger partial charge in [0.1, 0.15) is 5.82 Å². The summed E-state index contributed by atoms with van der Waals surface area (Å²) in [6, 6.07) is 23.7. The molecule has 4 rings (SSSR count). The molecule has 4 aromatic rings. The molecule has 0 N–H and O–H groups in total. The van der Waals surface area contributed by atoms with Crippen molar-refractivity contribution in [2.24, 2.45) is 0 Å². The zero-order chi connectivity index (χ0) is 21.1. The van der Waals surface area contributed by atoms with Crippen LogP contribution in [0.3, 0.4) is 0 Å². The molecule has 0 radical (unpaired) electrons. The Labute approximate surface area is 180 Å². The van der Waals surface area contributed by atoms with Crippen LogP contribution in [0.1, 0.15) is 11.4 Å². The molecule has 0 aliphatic carbocycles. The van der Waals surface area contributed by atoms with Crippen LogP contribution in [0.2, 0.25) is 0 Å². The number of nitrogens with zero attached hydrogens (tertiary/aromatic N) is 3. The maximum atomic E-state index is 13.3. The number of anilines is 1. The fraction of sp³-hybridized carbons (Fsp3) is 0.120. The van der Waals surface area contributed by atoms with Crippen molar-refractivity contribution >= 4 is 40.5 Å². The molecule has 0 bridgehead atoms. The first-order valence-corrected chi connectivity index (χ1v) is 10.9. The lowest BCUT2D eigenvalue weighted by molar-refractivity contribution is 0.942. The van der Waals surface area contributed by atoms with Gasteiger partial charge in [0.05, 0.1) is 16.6 Å². The molecule has 0 saturated heterocycles. The summed E-state index contributed by atoms with van der Waals surface area (Å²) in [7, 11) is 4.04. The van der Waals surface area contributed by atoms with Crippen molar-refractivity contribution in [2.45, 2.75) is 4.90 Å². The highest BCUT2D eigenvalue weighted by Gasteiger charge is 2.11. The minimum absolute atomic E-state index is 0.0693. The van der Waals surface area contributed by atoms with E-state index in [2.05, 4.69) is 29.2 Å². The summed E-state index contributed by atoms with van der Waals surface area (Å²) in [5.74, 6) is 0.604. The van der Waals surface area contributed by atoms with Crippen LogP contribution in [-0.2, 0) is 0 Å². The second-order valence-electron chi connectivity index (χ2n) is 7.15. The van der Waals surface area contributed by atoms with Gasteiger partial charge in [0.2, 0.25) is 0 Å². The van der Waals surface area contributed by atoms with Crippen LogP contribution in [0.15, 0.2) is 82.5 Å². The van der Waals surface area contributed by atoms with Crippen LogP contribution < -0.4 is 10.5 Å². The molecule has 4 nitrogen and oxygen atoms in total. The Kier molecular flexibility index (Phi) is 5.72. The highest BCUT2D eigenvalue weighted by molar-refractivity contribution is 7.98. The van der Waals surface area contributed by atoms with E-state index in [1.807, 2.05) is 81.0 Å². The van der Waals surface area contributed by atoms with Gasteiger partial charge in [0.25, 0.3) is 5.56 Å². The van der Waals surface area contributed by atoms with Crippen LogP contribution in [0.4, 0.5) is 5.69 Å². The Morgan fingerprint density at radius 1 is 0.900 bits per heavy atom. The summed E-state index contributed by atoms with van der Waals surface area (Å²) in [5, 5.41) is 0.610. The molecule has 0 aliphatic heterocycles. The van der Waals surface area contributed by atoms with Gasteiger partial charge in [-0.2, -0.15) is 0 Å². The summed E-state index contributed by atoms with van der Waals surface area (Å²) in [5.41, 5.74) is 3.62. The minimum Gasteiger partial charge on any atom is -0.378 e. The summed E-state index contributed by atoms with van der Waals surface area (Å²) >= 11 is 1.67. The number of aromatic nitrogens is 2. The zero-order valence-corrected chi connectivity index (χ0v) is 18.1. The van der Waals surface area contributed by atoms with E-state index in [-0.39, 0.29) is 5.56 Å². The van der Waals surface area contributed by atoms with Crippen LogP contribution in [-0.4, -0.2) is 29.9 Å². The molecule has 0 aliphatic rings. The summed E-state index contributed by atoms with van der Waals surface area (Å²) in [6.45, 7) is 0. The van der Waals surface area contributed by atoms with Gasteiger partial charge >= 0.3 is 0 Å². The molecular weight excluding hydrogens is 390 g/mol. The van der Waals surface area contributed by atoms with E-state index in [9.17, 15) is 4.79 Å². The summed E-state index contributed by atoms with van der Waals surface area (Å²) in [6.07, 6.45) is 5.93. The van der Waals surface area contributed by atoms with Gasteiger partial charge in [-0.05, 0) is 66.4 Å². The highest BCUT2D eigenvalue weighted by atomic mass is 32.2. The molecule has 0 fully saturated rings. The lowest BCUT2D eigenvalue weighted by atomic mass is 10.1. The van der Waals surface area contributed by atoms with E-state index >= 15 is 0 Å². The van der Waals surface area contributed by atoms with E-state index in [0.717, 1.165) is 21.8 Å². The van der Waals surface area contributed by atoms with E-state index in [1.165, 1.54) is 0 Å². The second kappa shape index (κ2) is 8.59. The third-order valence-electron chi connectivity index (χ3n) is 4.97. The molecule has 0 unspecified atom stereocenters. The molecular formula is C25H23N3OS. The fourth-order valence-electron chi connectivity index (χ4n) is 3.30. The van der Waals surface area contributed by atoms with E-state index in [1.54, 1.807) is 16.3 Å². The highest BCUT2D eigenvalue weighted by Crippen LogP contribution is 2.20. The molecule has 150 valence electrons. The lowest BCUT2D eigenvalue weighted by Crippen LogP contribution is -2.22. The number of thioether (sulfide) groups is 1. The molecule has 30 heavy (non-hydrogen) atoms. The Morgan fingerprint density at radius 3 is 2.27 bits per heavy atom. The van der Waals surface area contributed by atoms with Crippen molar-refractivity contribution < 1.29 is 0 Å². The average molecular weight is 414 g/mol. The molecule has 0 amide bonds. The minimum atomic E-state index is -0.0693. The van der Waals surface area contributed by atoms with Gasteiger partial charge in [0, 0.05) is 24.7 Å². The number of benzene rings is 3. The predicted octanol–water partition coefficient (Wildman–Crippen LogP) is 5.34. The van der Waals surface area contributed by atoms with Crippen molar-refractivity contribution in [1.29, 1.82) is 0 Å². The normalized spacial score (nSPS) is 11.3. The molecule has 1 heterocycles. The monoisotopic (exact) mass is 413 g/mol. The SMILES string of the molecule is CSc1ccc(-n2c(/C=C/c3ccc(N(C)C)cc3)nc3ccccc3c2=O)cc1. The Morgan fingerprint density at radius 2 is 1.60 bits per heavy atom. The quantitative estimate of drug-likeness (QED) is 0.414. The van der Waals surface area contributed by atoms with Gasteiger partial charge in [-0.15, -0.1) is 11.8 Å². The van der Waals surface area contributed by atoms with Crippen LogP contribution in [0.5, 0.6) is 0 Å². The molecule has 1 aromatic heterocycles. The molecule has 0 saturated carbocycles. The molecule has 5 heteroatoms. The van der Waals surface area contributed by atoms with Gasteiger partial charge in [0.15, 0.2) is 0 Å². The number of para-hydroxylation sites is 1. The molecule has 3 aromatic carbocycles. The van der Waals surface area contributed by atoms with Crippen molar-refractivity contribution in [3.05, 3.63) is 94.5 Å². The van der Waals surface area contributed by atoms with Crippen molar-refractivity contribution in [3.8, 4) is 5.69 Å². The standard InChI is InChI=1S/C25H23N3OS/c1-27(2)19-11-8-18(9-12-19)10-17-24-26-23-7-5-4-6-22(23)25(29)28(24)20-13-15-21(30-3)16-14-20/h4-17H,1-3H3/b17-10+. The predicted molar refractivity (Wildman–Crippen MR) is 129 cm³/mol. The first-order valence-electron chi connectivity index (χ1n) is 9.68. The van der Waals surface area contributed by atoms with Crippen LogP contribution in [0.25, 0.3) is 28.7 Å². The van der Waals surface area contributed by atoms with Gasteiger partial charge in [-0.25, -0.2) is 4.98 Å². The van der Waals surface area contributed by atoms with Gasteiger partial charge in [-0.3, -0.25) is 9.36 Å².